The Hall–Kier alpha value is -6.75. The Balaban J connectivity index is 0.000000171. The number of morpholine rings is 4. The number of hydrogen-bond donors (Lipinski definition) is 2. The summed E-state index contributed by atoms with van der Waals surface area (Å²) < 4.78 is 26.2. The lowest BCUT2D eigenvalue weighted by molar-refractivity contribution is -0.156. The number of para-hydroxylation sites is 2. The number of anilines is 10. The highest BCUT2D eigenvalue weighted by atomic mass is 16.6. The zero-order valence-corrected chi connectivity index (χ0v) is 42.0. The summed E-state index contributed by atoms with van der Waals surface area (Å²) >= 11 is 0. The van der Waals surface area contributed by atoms with E-state index >= 15 is 0 Å². The summed E-state index contributed by atoms with van der Waals surface area (Å²) in [6.07, 6.45) is 0. The van der Waals surface area contributed by atoms with Gasteiger partial charge < -0.3 is 73.9 Å². The maximum absolute atomic E-state index is 12.2. The third kappa shape index (κ3) is 13.8. The molecule has 6 fully saturated rings. The van der Waals surface area contributed by atoms with Gasteiger partial charge >= 0.3 is 11.9 Å². The van der Waals surface area contributed by atoms with E-state index < -0.39 is 11.9 Å². The Kier molecular flexibility index (Phi) is 18.3. The minimum Gasteiger partial charge on any atom is -0.394 e. The number of benzene rings is 2. The largest absolute Gasteiger partial charge is 0.394 e. The van der Waals surface area contributed by atoms with Crippen LogP contribution < -0.4 is 50.2 Å². The van der Waals surface area contributed by atoms with Crippen LogP contribution in [0.15, 0.2) is 60.7 Å². The summed E-state index contributed by atoms with van der Waals surface area (Å²) in [5.41, 5.74) is 10.5. The number of nitrogens with one attached hydrogen (secondary N) is 1. The van der Waals surface area contributed by atoms with E-state index in [4.69, 9.17) is 44.6 Å². The van der Waals surface area contributed by atoms with Gasteiger partial charge in [-0.05, 0) is 24.3 Å². The van der Waals surface area contributed by atoms with Crippen molar-refractivity contribution in [1.29, 1.82) is 0 Å². The topological polar surface area (TPSA) is 213 Å². The second-order valence-corrected chi connectivity index (χ2v) is 17.9. The molecule has 10 rings (SSSR count). The average molecular weight is 995 g/mol. The summed E-state index contributed by atoms with van der Waals surface area (Å²) in [5.74, 6) is 3.44. The number of rotatable bonds is 9. The maximum atomic E-state index is 12.2. The molecular formula is C50H70N14O8. The standard InChI is InChI=1S/C24H33N7O3.C22H31N7O2.C4H6O3/c1-19(32)25-21-22(29-11-15-33-16-12-29)26-24(27-23(21)30-13-17-34-18-14-30)31-9-7-28(8-10-31)20-5-3-2-4-6-20;23-19-20(27-10-14-30-15-11-27)24-22(25-21(19)28-12-16-31-17-13-28)29-8-6-26(7-9-29)18-4-2-1-3-5-18;1-3(5)7-4(2)6/h2-6H,7-18H2,1H3,(H,25,32);1-5H,6-17,23H2;1-2H3. The summed E-state index contributed by atoms with van der Waals surface area (Å²) in [4.78, 5) is 70.0. The van der Waals surface area contributed by atoms with Gasteiger partial charge in [0.1, 0.15) is 11.4 Å². The number of nitrogen functional groups attached to an aromatic ring is 1. The monoisotopic (exact) mass is 995 g/mol. The molecular weight excluding hydrogens is 925 g/mol. The van der Waals surface area contributed by atoms with Crippen LogP contribution in [0.3, 0.4) is 0 Å². The van der Waals surface area contributed by atoms with Gasteiger partial charge in [-0.15, -0.1) is 0 Å². The number of aromatic nitrogens is 4. The fourth-order valence-electron chi connectivity index (χ4n) is 9.28. The first-order valence-corrected chi connectivity index (χ1v) is 25.1. The van der Waals surface area contributed by atoms with Crippen molar-refractivity contribution < 1.29 is 38.1 Å². The third-order valence-electron chi connectivity index (χ3n) is 13.0. The number of carbonyl (C=O) groups excluding carboxylic acids is 3. The van der Waals surface area contributed by atoms with E-state index in [0.717, 1.165) is 134 Å². The molecule has 0 bridgehead atoms. The number of carbonyl (C=O) groups is 3. The predicted molar refractivity (Wildman–Crippen MR) is 279 cm³/mol. The molecule has 3 N–H and O–H groups in total. The van der Waals surface area contributed by atoms with Crippen LogP contribution in [0.1, 0.15) is 20.8 Å². The maximum Gasteiger partial charge on any atom is 0.310 e. The highest BCUT2D eigenvalue weighted by molar-refractivity contribution is 5.97. The van der Waals surface area contributed by atoms with Gasteiger partial charge in [0, 0.05) is 137 Å². The molecule has 1 amide bonds. The Morgan fingerprint density at radius 2 is 0.722 bits per heavy atom. The van der Waals surface area contributed by atoms with Crippen molar-refractivity contribution in [1.82, 2.24) is 19.9 Å². The first-order chi connectivity index (χ1) is 35.1. The lowest BCUT2D eigenvalue weighted by atomic mass is 10.2. The fraction of sp³-hybridized carbons (Fsp3) is 0.540. The second kappa shape index (κ2) is 25.6. The number of hydrogen-bond acceptors (Lipinski definition) is 21. The van der Waals surface area contributed by atoms with E-state index in [1.165, 1.54) is 32.1 Å². The summed E-state index contributed by atoms with van der Waals surface area (Å²) in [5, 5.41) is 3.04. The van der Waals surface area contributed by atoms with E-state index in [0.29, 0.717) is 70.2 Å². The van der Waals surface area contributed by atoms with Crippen molar-refractivity contribution in [3.8, 4) is 0 Å². The van der Waals surface area contributed by atoms with E-state index in [-0.39, 0.29) is 5.91 Å². The highest BCUT2D eigenvalue weighted by Gasteiger charge is 2.30. The molecule has 0 saturated carbocycles. The van der Waals surface area contributed by atoms with E-state index in [2.05, 4.69) is 104 Å². The molecule has 8 heterocycles. The summed E-state index contributed by atoms with van der Waals surface area (Å²) in [6, 6.07) is 21.1. The van der Waals surface area contributed by atoms with Crippen LogP contribution in [0.25, 0.3) is 0 Å². The molecule has 4 aromatic rings. The minimum atomic E-state index is -0.562. The van der Waals surface area contributed by atoms with Crippen molar-refractivity contribution in [2.45, 2.75) is 20.8 Å². The Morgan fingerprint density at radius 1 is 0.431 bits per heavy atom. The Labute approximate surface area is 421 Å². The minimum absolute atomic E-state index is 0.128. The number of nitrogens with two attached hydrogens (primary N) is 1. The summed E-state index contributed by atoms with van der Waals surface area (Å²) in [6.45, 7) is 22.5. The molecule has 0 radical (unpaired) electrons. The molecule has 0 atom stereocenters. The predicted octanol–water partition coefficient (Wildman–Crippen LogP) is 2.59. The second-order valence-electron chi connectivity index (χ2n) is 17.9. The van der Waals surface area contributed by atoms with Crippen molar-refractivity contribution >= 4 is 75.8 Å². The molecule has 0 unspecified atom stereocenters. The molecule has 0 aliphatic carbocycles. The summed E-state index contributed by atoms with van der Waals surface area (Å²) in [7, 11) is 0. The molecule has 22 heteroatoms. The smallest absolute Gasteiger partial charge is 0.310 e. The zero-order valence-electron chi connectivity index (χ0n) is 42.0. The number of piperazine rings is 2. The highest BCUT2D eigenvalue weighted by Crippen LogP contribution is 2.37. The van der Waals surface area contributed by atoms with Crippen LogP contribution in [0.2, 0.25) is 0 Å². The van der Waals surface area contributed by atoms with Crippen LogP contribution in [0, 0.1) is 0 Å². The normalized spacial score (nSPS) is 18.6. The molecule has 72 heavy (non-hydrogen) atoms. The third-order valence-corrected chi connectivity index (χ3v) is 13.0. The average Bonchev–Trinajstić information content (AvgIpc) is 3.42. The molecule has 2 aromatic carbocycles. The van der Waals surface area contributed by atoms with Crippen LogP contribution in [-0.2, 0) is 38.1 Å². The molecule has 2 aromatic heterocycles. The van der Waals surface area contributed by atoms with E-state index in [9.17, 15) is 14.4 Å². The zero-order chi connectivity index (χ0) is 50.2. The molecule has 6 saturated heterocycles. The van der Waals surface area contributed by atoms with Gasteiger partial charge in [-0.25, -0.2) is 0 Å². The molecule has 6 aliphatic heterocycles. The molecule has 0 spiro atoms. The van der Waals surface area contributed by atoms with Gasteiger partial charge in [0.15, 0.2) is 23.3 Å². The quantitative estimate of drug-likeness (QED) is 0.182. The van der Waals surface area contributed by atoms with E-state index in [1.54, 1.807) is 0 Å². The van der Waals surface area contributed by atoms with Gasteiger partial charge in [-0.1, -0.05) is 36.4 Å². The Bertz CT molecular complexity index is 2280. The lowest BCUT2D eigenvalue weighted by Crippen LogP contribution is -2.47. The number of ether oxygens (including phenoxy) is 5. The molecule has 22 nitrogen and oxygen atoms in total. The molecule has 6 aliphatic rings. The SMILES string of the molecule is CC(=O)Nc1c(N2CCOCC2)nc(N2CCN(c3ccccc3)CC2)nc1N1CCOCC1.CC(=O)OC(C)=O.Nc1c(N2CCOCC2)nc(N2CCN(c3ccccc3)CC2)nc1N1CCOCC1. The Morgan fingerprint density at radius 3 is 1.01 bits per heavy atom. The number of amides is 1. The van der Waals surface area contributed by atoms with Crippen molar-refractivity contribution in [2.24, 2.45) is 0 Å². The van der Waals surface area contributed by atoms with Crippen LogP contribution in [0.5, 0.6) is 0 Å². The number of nitrogens with zero attached hydrogens (tertiary/aromatic N) is 12. The molecule has 388 valence electrons. The van der Waals surface area contributed by atoms with Crippen molar-refractivity contribution in [2.75, 3.05) is 208 Å². The van der Waals surface area contributed by atoms with Crippen molar-refractivity contribution in [3.63, 3.8) is 0 Å². The van der Waals surface area contributed by atoms with Crippen molar-refractivity contribution in [3.05, 3.63) is 60.7 Å². The number of esters is 2. The van der Waals surface area contributed by atoms with Gasteiger partial charge in [0.25, 0.3) is 0 Å². The lowest BCUT2D eigenvalue weighted by Gasteiger charge is -2.38. The van der Waals surface area contributed by atoms with Crippen LogP contribution in [-0.4, -0.2) is 195 Å². The van der Waals surface area contributed by atoms with Gasteiger partial charge in [-0.2, -0.15) is 19.9 Å². The van der Waals surface area contributed by atoms with Crippen LogP contribution >= 0.6 is 0 Å². The van der Waals surface area contributed by atoms with E-state index in [1.807, 2.05) is 6.07 Å². The van der Waals surface area contributed by atoms with Gasteiger partial charge in [-0.3, -0.25) is 14.4 Å². The first kappa shape index (κ1) is 51.6. The van der Waals surface area contributed by atoms with Gasteiger partial charge in [0.05, 0.1) is 52.9 Å². The fourth-order valence-corrected chi connectivity index (χ4v) is 9.28. The first-order valence-electron chi connectivity index (χ1n) is 25.1. The van der Waals surface area contributed by atoms with Crippen LogP contribution in [0.4, 0.5) is 57.9 Å². The van der Waals surface area contributed by atoms with Gasteiger partial charge in [0.2, 0.25) is 17.8 Å².